The minimum Gasteiger partial charge on any atom is -1.00 e. The van der Waals surface area contributed by atoms with Gasteiger partial charge in [0.15, 0.2) is 0 Å². The quantitative estimate of drug-likeness (QED) is 0.580. The molecule has 0 amide bonds. The van der Waals surface area contributed by atoms with Crippen molar-refractivity contribution >= 4 is 0 Å². The molecule has 1 atom stereocenters. The van der Waals surface area contributed by atoms with Crippen molar-refractivity contribution in [2.75, 3.05) is 46.4 Å². The molecule has 1 saturated heterocycles. The molecule has 1 aliphatic rings. The average Bonchev–Trinajstić information content (AvgIpc) is 2.38. The van der Waals surface area contributed by atoms with Gasteiger partial charge in [0.05, 0.1) is 0 Å². The van der Waals surface area contributed by atoms with Gasteiger partial charge in [-0.1, -0.05) is 6.07 Å². The van der Waals surface area contributed by atoms with Crippen LogP contribution < -0.4 is 29.6 Å². The molecule has 1 aromatic rings. The molecule has 0 bridgehead atoms. The smallest absolute Gasteiger partial charge is 0.119 e. The zero-order valence-electron chi connectivity index (χ0n) is 13.6. The lowest BCUT2D eigenvalue weighted by Gasteiger charge is -2.33. The minimum absolute atomic E-state index is 0. The second-order valence-corrected chi connectivity index (χ2v) is 5.89. The number of benzene rings is 1. The van der Waals surface area contributed by atoms with E-state index in [0.29, 0.717) is 13.2 Å². The van der Waals surface area contributed by atoms with Crippen molar-refractivity contribution in [3.8, 4) is 5.75 Å². The topological polar surface area (TPSA) is 35.9 Å². The van der Waals surface area contributed by atoms with Gasteiger partial charge in [0.2, 0.25) is 0 Å². The third kappa shape index (κ3) is 7.16. The fourth-order valence-corrected chi connectivity index (χ4v) is 2.59. The number of aryl methyl sites for hydroxylation is 2. The van der Waals surface area contributed by atoms with E-state index in [1.807, 2.05) is 12.1 Å². The third-order valence-electron chi connectivity index (χ3n) is 3.70. The van der Waals surface area contributed by atoms with Crippen LogP contribution in [-0.4, -0.2) is 67.4 Å². The molecule has 1 fully saturated rings. The van der Waals surface area contributed by atoms with E-state index < -0.39 is 6.10 Å². The molecule has 4 nitrogen and oxygen atoms in total. The number of aliphatic hydroxyl groups excluding tert-OH is 1. The van der Waals surface area contributed by atoms with Crippen molar-refractivity contribution in [1.82, 2.24) is 9.80 Å². The van der Waals surface area contributed by atoms with E-state index in [4.69, 9.17) is 4.74 Å². The van der Waals surface area contributed by atoms with Crippen LogP contribution in [0.25, 0.3) is 0 Å². The van der Waals surface area contributed by atoms with E-state index in [9.17, 15) is 5.11 Å². The van der Waals surface area contributed by atoms with Gasteiger partial charge in [-0.25, -0.2) is 0 Å². The number of β-amino-alcohol motifs (C(OH)–C–C–N with tert-alkyl or cyclic N) is 1. The normalized spacial score (nSPS) is 17.3. The predicted octanol–water partition coefficient (Wildman–Crippen LogP) is -4.70. The summed E-state index contributed by atoms with van der Waals surface area (Å²) in [6.45, 7) is 9.36. The number of hydrogen-bond donors (Lipinski definition) is 1. The summed E-state index contributed by atoms with van der Waals surface area (Å²) in [6, 6.07) is 6.14. The Morgan fingerprint density at radius 2 is 1.59 bits per heavy atom. The number of piperazine rings is 1. The Morgan fingerprint density at radius 1 is 1.05 bits per heavy atom. The molecule has 0 spiro atoms. The van der Waals surface area contributed by atoms with Crippen molar-refractivity contribution in [2.45, 2.75) is 20.0 Å². The van der Waals surface area contributed by atoms with Crippen LogP contribution in [0.3, 0.4) is 0 Å². The lowest BCUT2D eigenvalue weighted by Crippen LogP contribution is -3.00. The number of hydrogen-bond acceptors (Lipinski definition) is 4. The molecule has 1 aliphatic heterocycles. The van der Waals surface area contributed by atoms with Crippen LogP contribution in [0.4, 0.5) is 0 Å². The SMILES string of the molecule is Cc1cc(C)cc(OCC(O)CN2CCN(C)CC2)c1.[Cl-].[Cl-]. The molecule has 1 heterocycles. The summed E-state index contributed by atoms with van der Waals surface area (Å²) in [6.07, 6.45) is -0.431. The second-order valence-electron chi connectivity index (χ2n) is 5.89. The Hall–Kier alpha value is -0.520. The largest absolute Gasteiger partial charge is 1.00 e. The van der Waals surface area contributed by atoms with Gasteiger partial charge < -0.3 is 39.6 Å². The van der Waals surface area contributed by atoms with Crippen LogP contribution >= 0.6 is 0 Å². The molecule has 0 aromatic heterocycles. The molecule has 1 unspecified atom stereocenters. The number of nitrogens with zero attached hydrogens (tertiary/aromatic N) is 2. The van der Waals surface area contributed by atoms with Crippen molar-refractivity contribution in [1.29, 1.82) is 0 Å². The van der Waals surface area contributed by atoms with Crippen LogP contribution in [-0.2, 0) is 0 Å². The summed E-state index contributed by atoms with van der Waals surface area (Å²) >= 11 is 0. The van der Waals surface area contributed by atoms with Gasteiger partial charge in [0.1, 0.15) is 18.5 Å². The van der Waals surface area contributed by atoms with E-state index in [1.54, 1.807) is 0 Å². The Labute approximate surface area is 146 Å². The lowest BCUT2D eigenvalue weighted by molar-refractivity contribution is -0.001000. The minimum atomic E-state index is -0.431. The maximum Gasteiger partial charge on any atom is 0.119 e. The molecule has 0 radical (unpaired) electrons. The van der Waals surface area contributed by atoms with Crippen molar-refractivity contribution in [2.24, 2.45) is 0 Å². The van der Waals surface area contributed by atoms with E-state index >= 15 is 0 Å². The number of aliphatic hydroxyl groups is 1. The molecular weight excluding hydrogens is 323 g/mol. The van der Waals surface area contributed by atoms with E-state index in [-0.39, 0.29) is 24.8 Å². The Bertz CT molecular complexity index is 418. The number of likely N-dealkylation sites (N-methyl/N-ethyl adjacent to an activating group) is 1. The number of rotatable bonds is 5. The summed E-state index contributed by atoms with van der Waals surface area (Å²) in [4.78, 5) is 4.62. The molecular formula is C16H26Cl2N2O2-2. The first-order valence-electron chi connectivity index (χ1n) is 7.33. The third-order valence-corrected chi connectivity index (χ3v) is 3.70. The van der Waals surface area contributed by atoms with Crippen LogP contribution in [0.2, 0.25) is 0 Å². The highest BCUT2D eigenvalue weighted by molar-refractivity contribution is 5.32. The zero-order chi connectivity index (χ0) is 14.5. The fraction of sp³-hybridized carbons (Fsp3) is 0.625. The van der Waals surface area contributed by atoms with Crippen LogP contribution in [0.1, 0.15) is 11.1 Å². The highest BCUT2D eigenvalue weighted by atomic mass is 35.5. The number of halogens is 2. The Balaban J connectivity index is 0.00000220. The molecule has 0 aliphatic carbocycles. The first-order chi connectivity index (χ1) is 9.52. The van der Waals surface area contributed by atoms with Crippen LogP contribution in [0.5, 0.6) is 5.75 Å². The monoisotopic (exact) mass is 348 g/mol. The summed E-state index contributed by atoms with van der Waals surface area (Å²) in [7, 11) is 2.14. The molecule has 6 heteroatoms. The maximum absolute atomic E-state index is 10.1. The number of ether oxygens (including phenoxy) is 1. The first-order valence-corrected chi connectivity index (χ1v) is 7.33. The van der Waals surface area contributed by atoms with E-state index in [0.717, 1.165) is 31.9 Å². The Kier molecular flexibility index (Phi) is 10.0. The maximum atomic E-state index is 10.1. The standard InChI is InChI=1S/C16H26N2O2.2ClH/c1-13-8-14(2)10-16(9-13)20-12-15(19)11-18-6-4-17(3)5-7-18;;/h8-10,15,19H,4-7,11-12H2,1-3H3;2*1H/p-2. The fourth-order valence-electron chi connectivity index (χ4n) is 2.59. The van der Waals surface area contributed by atoms with Gasteiger partial charge in [-0.15, -0.1) is 0 Å². The zero-order valence-corrected chi connectivity index (χ0v) is 15.1. The van der Waals surface area contributed by atoms with E-state index in [1.165, 1.54) is 11.1 Å². The highest BCUT2D eigenvalue weighted by Gasteiger charge is 2.17. The molecule has 128 valence electrons. The van der Waals surface area contributed by atoms with Crippen LogP contribution in [0.15, 0.2) is 18.2 Å². The van der Waals surface area contributed by atoms with Gasteiger partial charge in [-0.2, -0.15) is 0 Å². The van der Waals surface area contributed by atoms with E-state index in [2.05, 4.69) is 36.8 Å². The highest BCUT2D eigenvalue weighted by Crippen LogP contribution is 2.16. The lowest BCUT2D eigenvalue weighted by atomic mass is 10.1. The average molecular weight is 349 g/mol. The summed E-state index contributed by atoms with van der Waals surface area (Å²) in [5, 5.41) is 10.1. The predicted molar refractivity (Wildman–Crippen MR) is 81.4 cm³/mol. The molecule has 2 rings (SSSR count). The summed E-state index contributed by atoms with van der Waals surface area (Å²) in [5.41, 5.74) is 2.38. The van der Waals surface area contributed by atoms with Gasteiger partial charge in [-0.05, 0) is 44.2 Å². The van der Waals surface area contributed by atoms with Gasteiger partial charge in [0.25, 0.3) is 0 Å². The molecule has 0 saturated carbocycles. The first kappa shape index (κ1) is 21.5. The summed E-state index contributed by atoms with van der Waals surface area (Å²) < 4.78 is 5.71. The second kappa shape index (κ2) is 10.3. The Morgan fingerprint density at radius 3 is 2.14 bits per heavy atom. The van der Waals surface area contributed by atoms with Crippen LogP contribution in [0, 0.1) is 13.8 Å². The molecule has 1 N–H and O–H groups in total. The van der Waals surface area contributed by atoms with Crippen molar-refractivity contribution in [3.63, 3.8) is 0 Å². The molecule has 1 aromatic carbocycles. The van der Waals surface area contributed by atoms with Crippen molar-refractivity contribution < 1.29 is 34.7 Å². The van der Waals surface area contributed by atoms with Gasteiger partial charge >= 0.3 is 0 Å². The van der Waals surface area contributed by atoms with Gasteiger partial charge in [-0.3, -0.25) is 4.90 Å². The summed E-state index contributed by atoms with van der Waals surface area (Å²) in [5.74, 6) is 0.847. The van der Waals surface area contributed by atoms with Gasteiger partial charge in [0, 0.05) is 32.7 Å². The molecule has 22 heavy (non-hydrogen) atoms. The van der Waals surface area contributed by atoms with Crippen molar-refractivity contribution in [3.05, 3.63) is 29.3 Å².